The van der Waals surface area contributed by atoms with Crippen LogP contribution in [0.3, 0.4) is 0 Å². The number of thiazole rings is 1. The summed E-state index contributed by atoms with van der Waals surface area (Å²) in [6.45, 7) is 0.738. The van der Waals surface area contributed by atoms with Crippen LogP contribution in [0.15, 0.2) is 29.6 Å². The number of benzene rings is 1. The van der Waals surface area contributed by atoms with E-state index in [0.29, 0.717) is 43.1 Å². The lowest BCUT2D eigenvalue weighted by molar-refractivity contribution is -0.140. The van der Waals surface area contributed by atoms with E-state index in [1.54, 1.807) is 29.6 Å². The molecule has 0 bridgehead atoms. The molecule has 0 saturated heterocycles. The number of hydrogen-bond donors (Lipinski definition) is 2. The van der Waals surface area contributed by atoms with Gasteiger partial charge in [0, 0.05) is 24.0 Å². The molecule has 2 rings (SSSR count). The maximum atomic E-state index is 12.0. The van der Waals surface area contributed by atoms with Gasteiger partial charge >= 0.3 is 5.97 Å². The van der Waals surface area contributed by atoms with Crippen LogP contribution in [0.4, 0.5) is 5.69 Å². The Bertz CT molecular complexity index is 685. The number of rotatable bonds is 8. The molecule has 0 unspecified atom stereocenters. The highest BCUT2D eigenvalue weighted by Crippen LogP contribution is 2.17. The van der Waals surface area contributed by atoms with Crippen LogP contribution in [0.5, 0.6) is 5.75 Å². The van der Waals surface area contributed by atoms with Crippen LogP contribution in [0.1, 0.15) is 28.3 Å². The van der Waals surface area contributed by atoms with E-state index in [4.69, 9.17) is 10.5 Å². The van der Waals surface area contributed by atoms with Crippen LogP contribution in [0, 0.1) is 0 Å². The third kappa shape index (κ3) is 5.32. The lowest BCUT2D eigenvalue weighted by atomic mass is 10.3. The van der Waals surface area contributed by atoms with Crippen molar-refractivity contribution >= 4 is 28.9 Å². The molecule has 7 nitrogen and oxygen atoms in total. The second kappa shape index (κ2) is 8.99. The number of hydrogen-bond acceptors (Lipinski definition) is 7. The number of carbonyl (C=O) groups is 2. The smallest absolute Gasteiger partial charge is 0.305 e. The van der Waals surface area contributed by atoms with E-state index in [0.717, 1.165) is 5.01 Å². The van der Waals surface area contributed by atoms with Crippen molar-refractivity contribution in [3.63, 3.8) is 0 Å². The standard InChI is InChI=1S/C16H19N3O4S/c1-22-15(20)3-2-8-23-12-6-4-11(5-7-12)18-16(21)13-10-24-14(9-17)19-13/h4-7,10H,2-3,8-9,17H2,1H3,(H,18,21). The molecule has 0 spiro atoms. The number of nitrogens with two attached hydrogens (primary N) is 1. The molecule has 1 aromatic heterocycles. The number of anilines is 1. The molecule has 1 heterocycles. The monoisotopic (exact) mass is 349 g/mol. The van der Waals surface area contributed by atoms with Crippen molar-refractivity contribution in [1.29, 1.82) is 0 Å². The minimum atomic E-state index is -0.280. The van der Waals surface area contributed by atoms with Crippen molar-refractivity contribution < 1.29 is 19.1 Å². The molecule has 0 saturated carbocycles. The Kier molecular flexibility index (Phi) is 6.71. The van der Waals surface area contributed by atoms with Crippen molar-refractivity contribution in [1.82, 2.24) is 4.98 Å². The third-order valence-electron chi connectivity index (χ3n) is 3.09. The molecule has 24 heavy (non-hydrogen) atoms. The average Bonchev–Trinajstić information content (AvgIpc) is 3.09. The lowest BCUT2D eigenvalue weighted by Crippen LogP contribution is -2.12. The number of nitrogens with one attached hydrogen (secondary N) is 1. The normalized spacial score (nSPS) is 10.2. The van der Waals surface area contributed by atoms with Crippen LogP contribution >= 0.6 is 11.3 Å². The second-order valence-electron chi connectivity index (χ2n) is 4.84. The predicted octanol–water partition coefficient (Wildman–Crippen LogP) is 2.19. The maximum absolute atomic E-state index is 12.0. The molecule has 8 heteroatoms. The highest BCUT2D eigenvalue weighted by Gasteiger charge is 2.10. The summed E-state index contributed by atoms with van der Waals surface area (Å²) in [7, 11) is 1.36. The van der Waals surface area contributed by atoms with Gasteiger partial charge in [-0.25, -0.2) is 4.98 Å². The van der Waals surface area contributed by atoms with E-state index >= 15 is 0 Å². The summed E-state index contributed by atoms with van der Waals surface area (Å²) in [6.07, 6.45) is 0.904. The Hall–Kier alpha value is -2.45. The van der Waals surface area contributed by atoms with E-state index in [2.05, 4.69) is 15.0 Å². The molecule has 0 radical (unpaired) electrons. The zero-order valence-electron chi connectivity index (χ0n) is 13.3. The minimum Gasteiger partial charge on any atom is -0.494 e. The van der Waals surface area contributed by atoms with Crippen molar-refractivity contribution in [2.24, 2.45) is 5.73 Å². The summed E-state index contributed by atoms with van der Waals surface area (Å²) >= 11 is 1.36. The fourth-order valence-electron chi connectivity index (χ4n) is 1.85. The first-order valence-electron chi connectivity index (χ1n) is 7.38. The van der Waals surface area contributed by atoms with E-state index in [-0.39, 0.29) is 11.9 Å². The molecular formula is C16H19N3O4S. The first kappa shape index (κ1) is 17.9. The summed E-state index contributed by atoms with van der Waals surface area (Å²) in [5, 5.41) is 5.16. The van der Waals surface area contributed by atoms with Crippen molar-refractivity contribution in [2.75, 3.05) is 19.0 Å². The van der Waals surface area contributed by atoms with Gasteiger partial charge < -0.3 is 20.5 Å². The summed E-state index contributed by atoms with van der Waals surface area (Å²) in [4.78, 5) is 27.2. The SMILES string of the molecule is COC(=O)CCCOc1ccc(NC(=O)c2csc(CN)n2)cc1. The molecule has 0 aliphatic carbocycles. The van der Waals surface area contributed by atoms with Gasteiger partial charge in [0.05, 0.1) is 13.7 Å². The third-order valence-corrected chi connectivity index (χ3v) is 3.96. The first-order valence-corrected chi connectivity index (χ1v) is 8.26. The van der Waals surface area contributed by atoms with Gasteiger partial charge in [0.25, 0.3) is 5.91 Å². The van der Waals surface area contributed by atoms with Gasteiger partial charge in [0.2, 0.25) is 0 Å². The Morgan fingerprint density at radius 3 is 2.67 bits per heavy atom. The number of methoxy groups -OCH3 is 1. The van der Waals surface area contributed by atoms with Crippen LogP contribution in [-0.2, 0) is 16.1 Å². The van der Waals surface area contributed by atoms with Gasteiger partial charge in [-0.3, -0.25) is 9.59 Å². The average molecular weight is 349 g/mol. The van der Waals surface area contributed by atoms with E-state index in [1.165, 1.54) is 18.4 Å². The van der Waals surface area contributed by atoms with Gasteiger partial charge in [0.15, 0.2) is 0 Å². The Morgan fingerprint density at radius 2 is 2.04 bits per heavy atom. The molecule has 0 aliphatic heterocycles. The van der Waals surface area contributed by atoms with Gasteiger partial charge in [-0.1, -0.05) is 0 Å². The molecule has 1 aromatic carbocycles. The summed E-state index contributed by atoms with van der Waals surface area (Å²) in [5.74, 6) is 0.131. The van der Waals surface area contributed by atoms with Crippen LogP contribution in [0.2, 0.25) is 0 Å². The second-order valence-corrected chi connectivity index (χ2v) is 5.78. The molecule has 0 fully saturated rings. The van der Waals surface area contributed by atoms with E-state index in [9.17, 15) is 9.59 Å². The highest BCUT2D eigenvalue weighted by atomic mass is 32.1. The highest BCUT2D eigenvalue weighted by molar-refractivity contribution is 7.09. The van der Waals surface area contributed by atoms with Crippen LogP contribution < -0.4 is 15.8 Å². The topological polar surface area (TPSA) is 104 Å². The number of esters is 1. The molecule has 1 amide bonds. The molecule has 0 atom stereocenters. The van der Waals surface area contributed by atoms with Crippen LogP contribution in [-0.4, -0.2) is 30.6 Å². The fraction of sp³-hybridized carbons (Fsp3) is 0.312. The van der Waals surface area contributed by atoms with E-state index < -0.39 is 0 Å². The van der Waals surface area contributed by atoms with Gasteiger partial charge in [0.1, 0.15) is 16.5 Å². The zero-order chi connectivity index (χ0) is 17.4. The lowest BCUT2D eigenvalue weighted by Gasteiger charge is -2.07. The van der Waals surface area contributed by atoms with Gasteiger partial charge in [-0.05, 0) is 30.7 Å². The van der Waals surface area contributed by atoms with Crippen molar-refractivity contribution in [3.8, 4) is 5.75 Å². The Labute approximate surface area is 143 Å². The molecular weight excluding hydrogens is 330 g/mol. The number of nitrogens with zero attached hydrogens (tertiary/aromatic N) is 1. The fourth-order valence-corrected chi connectivity index (χ4v) is 2.50. The molecule has 128 valence electrons. The van der Waals surface area contributed by atoms with Crippen LogP contribution in [0.25, 0.3) is 0 Å². The number of ether oxygens (including phenoxy) is 2. The summed E-state index contributed by atoms with van der Waals surface area (Å²) < 4.78 is 10.1. The van der Waals surface area contributed by atoms with Gasteiger partial charge in [-0.15, -0.1) is 11.3 Å². The molecule has 0 aliphatic rings. The predicted molar refractivity (Wildman–Crippen MR) is 91.1 cm³/mol. The quantitative estimate of drug-likeness (QED) is 0.559. The Balaban J connectivity index is 1.81. The first-order chi connectivity index (χ1) is 11.6. The van der Waals surface area contributed by atoms with Crippen molar-refractivity contribution in [2.45, 2.75) is 19.4 Å². The largest absolute Gasteiger partial charge is 0.494 e. The summed E-state index contributed by atoms with van der Waals surface area (Å²) in [6, 6.07) is 6.98. The summed E-state index contributed by atoms with van der Waals surface area (Å²) in [5.41, 5.74) is 6.48. The van der Waals surface area contributed by atoms with Gasteiger partial charge in [-0.2, -0.15) is 0 Å². The number of aromatic nitrogens is 1. The molecule has 3 N–H and O–H groups in total. The zero-order valence-corrected chi connectivity index (χ0v) is 14.1. The molecule has 2 aromatic rings. The van der Waals surface area contributed by atoms with E-state index in [1.807, 2.05) is 0 Å². The number of amides is 1. The number of carbonyl (C=O) groups excluding carboxylic acids is 2. The Morgan fingerprint density at radius 1 is 1.29 bits per heavy atom. The minimum absolute atomic E-state index is 0.253. The maximum Gasteiger partial charge on any atom is 0.305 e. The van der Waals surface area contributed by atoms with Crippen molar-refractivity contribution in [3.05, 3.63) is 40.3 Å².